The molecule has 9 nitrogen and oxygen atoms in total. The van der Waals surface area contributed by atoms with Gasteiger partial charge in [0.2, 0.25) is 16.9 Å². The molecule has 3 aromatic rings. The number of Topliss-reactive ketones (excluding diaryl/α,β-unsaturated/α-hetero) is 1. The number of nitrogens with one attached hydrogen (secondary N) is 2. The van der Waals surface area contributed by atoms with E-state index in [-0.39, 0.29) is 40.9 Å². The molecule has 2 N–H and O–H groups in total. The van der Waals surface area contributed by atoms with Crippen LogP contribution in [0, 0.1) is 13.8 Å². The van der Waals surface area contributed by atoms with Gasteiger partial charge in [-0.15, -0.1) is 10.2 Å². The molecule has 168 valence electrons. The predicted molar refractivity (Wildman–Crippen MR) is 123 cm³/mol. The number of carbonyl (C=O) groups excluding carboxylic acids is 3. The molecule has 3 rings (SSSR count). The first kappa shape index (κ1) is 23.5. The molecule has 0 aliphatic rings. The third-order valence-electron chi connectivity index (χ3n) is 4.20. The van der Waals surface area contributed by atoms with Crippen LogP contribution in [0.25, 0.3) is 0 Å². The lowest BCUT2D eigenvalue weighted by molar-refractivity contribution is -0.113. The molecule has 0 atom stereocenters. The van der Waals surface area contributed by atoms with Crippen LogP contribution in [0.4, 0.5) is 16.7 Å². The van der Waals surface area contributed by atoms with E-state index in [9.17, 15) is 14.4 Å². The summed E-state index contributed by atoms with van der Waals surface area (Å²) >= 11 is 2.50. The number of furan rings is 1. The highest BCUT2D eigenvalue weighted by Gasteiger charge is 2.28. The van der Waals surface area contributed by atoms with Crippen molar-refractivity contribution in [2.45, 2.75) is 32.0 Å². The minimum absolute atomic E-state index is 0.0105. The lowest BCUT2D eigenvalue weighted by Gasteiger charge is -2.05. The fraction of sp³-hybridized carbons (Fsp3) is 0.286. The Labute approximate surface area is 192 Å². The number of aryl methyl sites for hydroxylation is 2. The first-order valence-electron chi connectivity index (χ1n) is 9.69. The second kappa shape index (κ2) is 10.4. The number of ether oxygens (including phenoxy) is 1. The number of hydrogen-bond acceptors (Lipinski definition) is 10. The van der Waals surface area contributed by atoms with Gasteiger partial charge in [0.1, 0.15) is 11.3 Å². The molecule has 2 heterocycles. The van der Waals surface area contributed by atoms with E-state index >= 15 is 0 Å². The highest BCUT2D eigenvalue weighted by molar-refractivity contribution is 8.01. The fourth-order valence-corrected chi connectivity index (χ4v) is 4.40. The Bertz CT molecular complexity index is 1140. The maximum Gasteiger partial charge on any atom is 0.344 e. The number of nitrogens with zero attached hydrogens (tertiary/aromatic N) is 2. The monoisotopic (exact) mass is 474 g/mol. The first-order valence-corrected chi connectivity index (χ1v) is 11.5. The van der Waals surface area contributed by atoms with Gasteiger partial charge in [0, 0.05) is 5.69 Å². The summed E-state index contributed by atoms with van der Waals surface area (Å²) in [6.07, 6.45) is 0. The van der Waals surface area contributed by atoms with Gasteiger partial charge in [-0.25, -0.2) is 4.79 Å². The predicted octanol–water partition coefficient (Wildman–Crippen LogP) is 4.60. The molecule has 1 amide bonds. The van der Waals surface area contributed by atoms with Crippen LogP contribution < -0.4 is 10.6 Å². The van der Waals surface area contributed by atoms with Crippen LogP contribution in [0.2, 0.25) is 0 Å². The quantitative estimate of drug-likeness (QED) is 0.260. The van der Waals surface area contributed by atoms with Crippen molar-refractivity contribution in [2.24, 2.45) is 0 Å². The summed E-state index contributed by atoms with van der Waals surface area (Å²) in [5, 5.41) is 14.5. The molecule has 0 bridgehead atoms. The largest absolute Gasteiger partial charge is 0.462 e. The zero-order valence-electron chi connectivity index (χ0n) is 18.0. The Balaban J connectivity index is 1.63. The lowest BCUT2D eigenvalue weighted by atomic mass is 10.1. The molecular weight excluding hydrogens is 452 g/mol. The van der Waals surface area contributed by atoms with Gasteiger partial charge in [0.15, 0.2) is 10.1 Å². The molecule has 0 saturated carbocycles. The number of esters is 1. The van der Waals surface area contributed by atoms with Crippen LogP contribution in [0.1, 0.15) is 45.9 Å². The zero-order valence-corrected chi connectivity index (χ0v) is 19.6. The van der Waals surface area contributed by atoms with Gasteiger partial charge in [-0.3, -0.25) is 14.9 Å². The zero-order chi connectivity index (χ0) is 23.3. The molecular formula is C21H22N4O5S2. The van der Waals surface area contributed by atoms with Crippen LogP contribution in [0.3, 0.4) is 0 Å². The Morgan fingerprint density at radius 1 is 1.12 bits per heavy atom. The number of carbonyl (C=O) groups is 3. The van der Waals surface area contributed by atoms with Gasteiger partial charge >= 0.3 is 5.97 Å². The molecule has 2 aromatic heterocycles. The number of benzene rings is 1. The Morgan fingerprint density at radius 2 is 1.84 bits per heavy atom. The number of amides is 1. The second-order valence-electron chi connectivity index (χ2n) is 6.72. The summed E-state index contributed by atoms with van der Waals surface area (Å²) in [5.41, 5.74) is 2.07. The average molecular weight is 475 g/mol. The molecule has 0 fully saturated rings. The Morgan fingerprint density at radius 3 is 2.50 bits per heavy atom. The summed E-state index contributed by atoms with van der Waals surface area (Å²) in [7, 11) is 0. The third-order valence-corrected chi connectivity index (χ3v) is 6.18. The minimum Gasteiger partial charge on any atom is -0.462 e. The number of thioether (sulfide) groups is 1. The van der Waals surface area contributed by atoms with Crippen molar-refractivity contribution in [3.05, 3.63) is 46.7 Å². The van der Waals surface area contributed by atoms with Gasteiger partial charge in [-0.05, 0) is 39.8 Å². The molecule has 32 heavy (non-hydrogen) atoms. The molecule has 0 unspecified atom stereocenters. The SMILES string of the molecule is CCOC(=O)c1c(NC(=O)CSc2nnc(Nc3ccc(C)cc3)s2)oc(C)c1C(C)=O. The van der Waals surface area contributed by atoms with Crippen LogP contribution in [-0.2, 0) is 9.53 Å². The van der Waals surface area contributed by atoms with Crippen LogP contribution in [0.5, 0.6) is 0 Å². The molecule has 0 aliphatic heterocycles. The van der Waals surface area contributed by atoms with Crippen molar-refractivity contribution < 1.29 is 23.5 Å². The normalized spacial score (nSPS) is 10.6. The maximum absolute atomic E-state index is 12.5. The first-order chi connectivity index (χ1) is 15.3. The maximum atomic E-state index is 12.5. The van der Waals surface area contributed by atoms with E-state index in [4.69, 9.17) is 9.15 Å². The van der Waals surface area contributed by atoms with Gasteiger partial charge < -0.3 is 14.5 Å². The molecule has 0 saturated heterocycles. The van der Waals surface area contributed by atoms with E-state index in [1.54, 1.807) is 13.8 Å². The molecule has 0 spiro atoms. The van der Waals surface area contributed by atoms with Crippen molar-refractivity contribution in [1.82, 2.24) is 10.2 Å². The minimum atomic E-state index is -0.728. The summed E-state index contributed by atoms with van der Waals surface area (Å²) in [6.45, 7) is 6.65. The lowest BCUT2D eigenvalue weighted by Crippen LogP contribution is -2.17. The van der Waals surface area contributed by atoms with Crippen LogP contribution in [-0.4, -0.2) is 40.2 Å². The number of anilines is 3. The van der Waals surface area contributed by atoms with Crippen molar-refractivity contribution in [3.63, 3.8) is 0 Å². The standard InChI is InChI=1S/C21H22N4O5S2/c1-5-29-19(28)17-16(12(3)26)13(4)30-18(17)23-15(27)10-31-21-25-24-20(32-21)22-14-8-6-11(2)7-9-14/h6-9H,5,10H2,1-4H3,(H,22,24)(H,23,27). The summed E-state index contributed by atoms with van der Waals surface area (Å²) in [5.74, 6) is -1.36. The third kappa shape index (κ3) is 5.74. The summed E-state index contributed by atoms with van der Waals surface area (Å²) < 4.78 is 11.1. The topological polar surface area (TPSA) is 123 Å². The second-order valence-corrected chi connectivity index (χ2v) is 8.92. The number of hydrogen-bond donors (Lipinski definition) is 2. The van der Waals surface area contributed by atoms with E-state index in [0.29, 0.717) is 9.47 Å². The number of rotatable bonds is 9. The van der Waals surface area contributed by atoms with Crippen LogP contribution in [0.15, 0.2) is 33.0 Å². The highest BCUT2D eigenvalue weighted by atomic mass is 32.2. The van der Waals surface area contributed by atoms with Gasteiger partial charge in [0.25, 0.3) is 0 Å². The molecule has 11 heteroatoms. The number of ketones is 1. The smallest absolute Gasteiger partial charge is 0.344 e. The summed E-state index contributed by atoms with van der Waals surface area (Å²) in [4.78, 5) is 36.7. The van der Waals surface area contributed by atoms with Crippen LogP contribution >= 0.6 is 23.1 Å². The molecule has 1 aromatic carbocycles. The van der Waals surface area contributed by atoms with Gasteiger partial charge in [0.05, 0.1) is 17.9 Å². The van der Waals surface area contributed by atoms with Gasteiger partial charge in [-0.1, -0.05) is 40.8 Å². The van der Waals surface area contributed by atoms with E-state index in [0.717, 1.165) is 11.3 Å². The average Bonchev–Trinajstić information content (AvgIpc) is 3.32. The van der Waals surface area contributed by atoms with E-state index in [2.05, 4.69) is 20.8 Å². The van der Waals surface area contributed by atoms with Crippen molar-refractivity contribution in [3.8, 4) is 0 Å². The summed E-state index contributed by atoms with van der Waals surface area (Å²) in [6, 6.07) is 7.86. The van der Waals surface area contributed by atoms with E-state index in [1.807, 2.05) is 31.2 Å². The Kier molecular flexibility index (Phi) is 7.65. The van der Waals surface area contributed by atoms with E-state index in [1.165, 1.54) is 30.0 Å². The molecule has 0 radical (unpaired) electrons. The number of aromatic nitrogens is 2. The van der Waals surface area contributed by atoms with E-state index < -0.39 is 11.9 Å². The van der Waals surface area contributed by atoms with Crippen molar-refractivity contribution in [1.29, 1.82) is 0 Å². The molecule has 0 aliphatic carbocycles. The fourth-order valence-electron chi connectivity index (χ4n) is 2.82. The van der Waals surface area contributed by atoms with Crippen molar-refractivity contribution in [2.75, 3.05) is 23.0 Å². The highest BCUT2D eigenvalue weighted by Crippen LogP contribution is 2.30. The van der Waals surface area contributed by atoms with Crippen molar-refractivity contribution >= 4 is 57.5 Å². The van der Waals surface area contributed by atoms with Gasteiger partial charge in [-0.2, -0.15) is 0 Å². The Hall–Kier alpha value is -3.18.